The molecule has 1 aromatic carbocycles. The van der Waals surface area contributed by atoms with Gasteiger partial charge in [0.05, 0.1) is 0 Å². The molecular weight excluding hydrogens is 356 g/mol. The third-order valence-electron chi connectivity index (χ3n) is 5.68. The van der Waals surface area contributed by atoms with Gasteiger partial charge in [0.25, 0.3) is 5.91 Å². The summed E-state index contributed by atoms with van der Waals surface area (Å²) < 4.78 is 0. The summed E-state index contributed by atoms with van der Waals surface area (Å²) in [5, 5.41) is 12.1. The first-order valence-corrected chi connectivity index (χ1v) is 10.1. The molecule has 5 nitrogen and oxygen atoms in total. The maximum absolute atomic E-state index is 12.7. The largest absolute Gasteiger partial charge is 0.347 e. The number of hydrogen-bond donors (Lipinski definition) is 1. The second-order valence-electron chi connectivity index (χ2n) is 7.23. The van der Waals surface area contributed by atoms with Crippen LogP contribution in [0.2, 0.25) is 0 Å². The first kappa shape index (κ1) is 18.0. The molecule has 0 spiro atoms. The second-order valence-corrected chi connectivity index (χ2v) is 8.38. The van der Waals surface area contributed by atoms with Gasteiger partial charge in [0.15, 0.2) is 0 Å². The first-order valence-electron chi connectivity index (χ1n) is 9.33. The molecule has 4 heterocycles. The number of nitriles is 1. The van der Waals surface area contributed by atoms with Crippen LogP contribution >= 0.6 is 11.8 Å². The number of aromatic nitrogens is 1. The van der Waals surface area contributed by atoms with Crippen LogP contribution in [0.3, 0.4) is 0 Å². The van der Waals surface area contributed by atoms with Gasteiger partial charge in [0, 0.05) is 33.6 Å². The van der Waals surface area contributed by atoms with Gasteiger partial charge in [0.1, 0.15) is 11.8 Å². The van der Waals surface area contributed by atoms with Crippen LogP contribution in [0, 0.1) is 17.2 Å². The van der Waals surface area contributed by atoms with E-state index in [0.717, 1.165) is 22.9 Å². The summed E-state index contributed by atoms with van der Waals surface area (Å²) in [4.78, 5) is 21.3. The minimum atomic E-state index is 0.0113. The van der Waals surface area contributed by atoms with Gasteiger partial charge in [-0.15, -0.1) is 0 Å². The highest BCUT2D eigenvalue weighted by Gasteiger charge is 2.40. The number of nitrogens with zero attached hydrogens (tertiary/aromatic N) is 3. The van der Waals surface area contributed by atoms with E-state index in [1.54, 1.807) is 24.0 Å². The zero-order valence-corrected chi connectivity index (χ0v) is 16.1. The van der Waals surface area contributed by atoms with Crippen molar-refractivity contribution in [2.75, 3.05) is 13.1 Å². The van der Waals surface area contributed by atoms with Crippen LogP contribution < -0.4 is 5.32 Å². The van der Waals surface area contributed by atoms with Crippen LogP contribution in [0.4, 0.5) is 0 Å². The molecule has 0 saturated carbocycles. The number of fused-ring (bicyclic) bond motifs is 3. The quantitative estimate of drug-likeness (QED) is 0.884. The molecule has 2 aromatic rings. The van der Waals surface area contributed by atoms with E-state index in [0.29, 0.717) is 23.2 Å². The lowest BCUT2D eigenvalue weighted by Crippen LogP contribution is -2.62. The molecule has 3 fully saturated rings. The second kappa shape index (κ2) is 7.71. The number of pyridine rings is 1. The summed E-state index contributed by atoms with van der Waals surface area (Å²) in [6.45, 7) is 4.55. The van der Waals surface area contributed by atoms with Crippen molar-refractivity contribution < 1.29 is 4.79 Å². The maximum Gasteiger partial charge on any atom is 0.251 e. The van der Waals surface area contributed by atoms with Gasteiger partial charge in [-0.3, -0.25) is 9.69 Å². The summed E-state index contributed by atoms with van der Waals surface area (Å²) in [5.74, 6) is 0.616. The summed E-state index contributed by atoms with van der Waals surface area (Å²) >= 11 is 1.56. The number of rotatable bonds is 4. The van der Waals surface area contributed by atoms with Crippen molar-refractivity contribution in [2.45, 2.75) is 41.6 Å². The molecule has 1 aromatic heterocycles. The molecule has 0 radical (unpaired) electrons. The van der Waals surface area contributed by atoms with Crippen LogP contribution in [0.5, 0.6) is 0 Å². The predicted molar refractivity (Wildman–Crippen MR) is 105 cm³/mol. The van der Waals surface area contributed by atoms with E-state index < -0.39 is 0 Å². The number of amides is 1. The van der Waals surface area contributed by atoms with E-state index in [9.17, 15) is 4.79 Å². The van der Waals surface area contributed by atoms with E-state index in [1.807, 2.05) is 36.4 Å². The van der Waals surface area contributed by atoms with Gasteiger partial charge in [-0.05, 0) is 75.2 Å². The SMILES string of the molecule is C[C@H]1[C@H](NC(=O)c2ccc(Sc3ccc(C#N)nc3)cc2)C2CCN1CC2. The lowest BCUT2D eigenvalue weighted by atomic mass is 9.79. The molecule has 3 aliphatic rings. The van der Waals surface area contributed by atoms with E-state index in [4.69, 9.17) is 5.26 Å². The van der Waals surface area contributed by atoms with Crippen LogP contribution in [0.25, 0.3) is 0 Å². The molecule has 3 saturated heterocycles. The molecule has 6 heteroatoms. The van der Waals surface area contributed by atoms with Crippen LogP contribution in [0.1, 0.15) is 35.8 Å². The zero-order valence-electron chi connectivity index (χ0n) is 15.3. The molecule has 1 N–H and O–H groups in total. The first-order chi connectivity index (χ1) is 13.1. The smallest absolute Gasteiger partial charge is 0.251 e. The number of piperidine rings is 3. The molecule has 138 valence electrons. The third kappa shape index (κ3) is 3.85. The molecule has 5 rings (SSSR count). The van der Waals surface area contributed by atoms with Gasteiger partial charge in [-0.2, -0.15) is 5.26 Å². The molecule has 0 aliphatic carbocycles. The topological polar surface area (TPSA) is 69.0 Å². The zero-order chi connectivity index (χ0) is 18.8. The van der Waals surface area contributed by atoms with Crippen molar-refractivity contribution in [1.29, 1.82) is 5.26 Å². The Bertz CT molecular complexity index is 849. The normalized spacial score (nSPS) is 26.4. The Labute approximate surface area is 163 Å². The minimum Gasteiger partial charge on any atom is -0.347 e. The molecule has 27 heavy (non-hydrogen) atoms. The van der Waals surface area contributed by atoms with Crippen molar-refractivity contribution in [3.63, 3.8) is 0 Å². The fourth-order valence-electron chi connectivity index (χ4n) is 4.10. The van der Waals surface area contributed by atoms with E-state index in [2.05, 4.69) is 22.1 Å². The fourth-order valence-corrected chi connectivity index (χ4v) is 4.88. The highest BCUT2D eigenvalue weighted by atomic mass is 32.2. The monoisotopic (exact) mass is 378 g/mol. The van der Waals surface area contributed by atoms with Crippen molar-refractivity contribution in [3.05, 3.63) is 53.9 Å². The predicted octanol–water partition coefficient (Wildman–Crippen LogP) is 3.32. The van der Waals surface area contributed by atoms with Crippen LogP contribution in [0.15, 0.2) is 52.4 Å². The molecule has 3 aliphatic heterocycles. The Morgan fingerprint density at radius 1 is 1.19 bits per heavy atom. The highest BCUT2D eigenvalue weighted by molar-refractivity contribution is 7.99. The van der Waals surface area contributed by atoms with Gasteiger partial charge >= 0.3 is 0 Å². The summed E-state index contributed by atoms with van der Waals surface area (Å²) in [5.41, 5.74) is 1.11. The number of carbonyl (C=O) groups excluding carboxylic acids is 1. The van der Waals surface area contributed by atoms with Crippen LogP contribution in [-0.4, -0.2) is 41.0 Å². The minimum absolute atomic E-state index is 0.0113. The maximum atomic E-state index is 12.7. The Hall–Kier alpha value is -2.36. The lowest BCUT2D eigenvalue weighted by molar-refractivity contribution is 0.0217. The third-order valence-corrected chi connectivity index (χ3v) is 6.66. The van der Waals surface area contributed by atoms with Gasteiger partial charge in [-0.1, -0.05) is 11.8 Å². The Morgan fingerprint density at radius 2 is 1.89 bits per heavy atom. The van der Waals surface area contributed by atoms with Gasteiger partial charge in [0.2, 0.25) is 0 Å². The number of nitrogens with one attached hydrogen (secondary N) is 1. The Morgan fingerprint density at radius 3 is 2.48 bits per heavy atom. The van der Waals surface area contributed by atoms with Crippen molar-refractivity contribution in [1.82, 2.24) is 15.2 Å². The lowest BCUT2D eigenvalue weighted by Gasteiger charge is -2.49. The highest BCUT2D eigenvalue weighted by Crippen LogP contribution is 2.32. The van der Waals surface area contributed by atoms with Gasteiger partial charge < -0.3 is 5.32 Å². The molecular formula is C21H22N4OS. The van der Waals surface area contributed by atoms with Crippen molar-refractivity contribution >= 4 is 17.7 Å². The summed E-state index contributed by atoms with van der Waals surface area (Å²) in [6, 6.07) is 13.9. The van der Waals surface area contributed by atoms with E-state index >= 15 is 0 Å². The molecule has 2 bridgehead atoms. The Balaban J connectivity index is 1.39. The fraction of sp³-hybridized carbons (Fsp3) is 0.381. The van der Waals surface area contributed by atoms with Crippen molar-refractivity contribution in [2.24, 2.45) is 5.92 Å². The average molecular weight is 379 g/mol. The summed E-state index contributed by atoms with van der Waals surface area (Å²) in [7, 11) is 0. The number of carbonyl (C=O) groups is 1. The van der Waals surface area contributed by atoms with Crippen LogP contribution in [-0.2, 0) is 0 Å². The summed E-state index contributed by atoms with van der Waals surface area (Å²) in [6.07, 6.45) is 4.06. The number of benzene rings is 1. The van der Waals surface area contributed by atoms with Gasteiger partial charge in [-0.25, -0.2) is 4.98 Å². The molecule has 0 unspecified atom stereocenters. The molecule has 1 amide bonds. The Kier molecular flexibility index (Phi) is 5.15. The molecule has 2 atom stereocenters. The van der Waals surface area contributed by atoms with E-state index in [-0.39, 0.29) is 11.9 Å². The van der Waals surface area contributed by atoms with Crippen molar-refractivity contribution in [3.8, 4) is 6.07 Å². The standard InChI is InChI=1S/C21H22N4OS/c1-14-20(15-8-10-25(14)11-9-15)24-21(26)16-2-5-18(6-3-16)27-19-7-4-17(12-22)23-13-19/h2-7,13-15,20H,8-11H2,1H3,(H,24,26)/t14-,20-/m0/s1. The number of hydrogen-bond acceptors (Lipinski definition) is 5. The average Bonchev–Trinajstić information content (AvgIpc) is 2.72. The van der Waals surface area contributed by atoms with E-state index in [1.165, 1.54) is 12.8 Å².